The molecule has 166 valence electrons. The third kappa shape index (κ3) is 5.95. The number of amides is 3. The van der Waals surface area contributed by atoms with E-state index >= 15 is 0 Å². The standard InChI is InChI=1S/C23H29N3O5/c1-16-5-3-6-18(15-16)21(27)25-20(22(28)24-10-14-30-2)17-8-11-26(12-9-17)23(29)19-7-4-13-31-19/h3-7,13,15,17,20H,8-12,14H2,1-2H3,(H,24,28)(H,25,27)/t20-/m0/s1. The molecule has 1 aromatic carbocycles. The van der Waals surface area contributed by atoms with Crippen LogP contribution in [0.2, 0.25) is 0 Å². The number of likely N-dealkylation sites (tertiary alicyclic amines) is 1. The zero-order valence-electron chi connectivity index (χ0n) is 17.9. The van der Waals surface area contributed by atoms with Gasteiger partial charge in [-0.05, 0) is 49.9 Å². The molecular formula is C23H29N3O5. The molecule has 3 rings (SSSR count). The van der Waals surface area contributed by atoms with Crippen LogP contribution in [0.1, 0.15) is 39.3 Å². The summed E-state index contributed by atoms with van der Waals surface area (Å²) in [5.41, 5.74) is 1.48. The quantitative estimate of drug-likeness (QED) is 0.628. The summed E-state index contributed by atoms with van der Waals surface area (Å²) in [6, 6.07) is 9.88. The summed E-state index contributed by atoms with van der Waals surface area (Å²) in [6.07, 6.45) is 2.67. The van der Waals surface area contributed by atoms with Crippen molar-refractivity contribution in [3.05, 3.63) is 59.5 Å². The number of piperidine rings is 1. The van der Waals surface area contributed by atoms with Crippen molar-refractivity contribution >= 4 is 17.7 Å². The van der Waals surface area contributed by atoms with Gasteiger partial charge in [0.2, 0.25) is 5.91 Å². The van der Waals surface area contributed by atoms with Gasteiger partial charge in [0.25, 0.3) is 11.8 Å². The van der Waals surface area contributed by atoms with Gasteiger partial charge in [0, 0.05) is 32.3 Å². The molecule has 0 spiro atoms. The molecule has 1 fully saturated rings. The molecule has 0 unspecified atom stereocenters. The van der Waals surface area contributed by atoms with E-state index in [9.17, 15) is 14.4 Å². The zero-order chi connectivity index (χ0) is 22.2. The van der Waals surface area contributed by atoms with E-state index < -0.39 is 6.04 Å². The fraction of sp³-hybridized carbons (Fsp3) is 0.435. The molecular weight excluding hydrogens is 398 g/mol. The maximum Gasteiger partial charge on any atom is 0.289 e. The third-order valence-corrected chi connectivity index (χ3v) is 5.48. The lowest BCUT2D eigenvalue weighted by Crippen LogP contribution is -2.54. The number of rotatable bonds is 8. The van der Waals surface area contributed by atoms with Gasteiger partial charge in [0.15, 0.2) is 5.76 Å². The summed E-state index contributed by atoms with van der Waals surface area (Å²) in [5, 5.41) is 5.75. The van der Waals surface area contributed by atoms with Gasteiger partial charge in [0.1, 0.15) is 6.04 Å². The van der Waals surface area contributed by atoms with Crippen molar-refractivity contribution in [3.63, 3.8) is 0 Å². The van der Waals surface area contributed by atoms with Crippen LogP contribution in [0.25, 0.3) is 0 Å². The first-order chi connectivity index (χ1) is 15.0. The van der Waals surface area contributed by atoms with Crippen molar-refractivity contribution in [2.45, 2.75) is 25.8 Å². The van der Waals surface area contributed by atoms with Gasteiger partial charge in [-0.2, -0.15) is 0 Å². The molecule has 1 aromatic heterocycles. The lowest BCUT2D eigenvalue weighted by molar-refractivity contribution is -0.124. The van der Waals surface area contributed by atoms with Crippen molar-refractivity contribution in [2.75, 3.05) is 33.4 Å². The fourth-order valence-corrected chi connectivity index (χ4v) is 3.79. The summed E-state index contributed by atoms with van der Waals surface area (Å²) in [7, 11) is 1.56. The maximum absolute atomic E-state index is 12.9. The zero-order valence-corrected chi connectivity index (χ0v) is 17.9. The van der Waals surface area contributed by atoms with Crippen molar-refractivity contribution < 1.29 is 23.5 Å². The number of ether oxygens (including phenoxy) is 1. The minimum atomic E-state index is -0.689. The molecule has 8 nitrogen and oxygen atoms in total. The molecule has 0 bridgehead atoms. The van der Waals surface area contributed by atoms with Crippen LogP contribution in [-0.4, -0.2) is 62.0 Å². The highest BCUT2D eigenvalue weighted by Crippen LogP contribution is 2.23. The maximum atomic E-state index is 12.9. The first-order valence-electron chi connectivity index (χ1n) is 10.5. The Morgan fingerprint density at radius 2 is 1.97 bits per heavy atom. The number of nitrogens with one attached hydrogen (secondary N) is 2. The average molecular weight is 428 g/mol. The van der Waals surface area contributed by atoms with Gasteiger partial charge in [-0.15, -0.1) is 0 Å². The highest BCUT2D eigenvalue weighted by molar-refractivity contribution is 5.97. The second-order valence-corrected chi connectivity index (χ2v) is 7.71. The van der Waals surface area contributed by atoms with Crippen LogP contribution < -0.4 is 10.6 Å². The number of methoxy groups -OCH3 is 1. The van der Waals surface area contributed by atoms with E-state index in [1.165, 1.54) is 6.26 Å². The Labute approximate surface area is 181 Å². The van der Waals surface area contributed by atoms with Gasteiger partial charge in [-0.25, -0.2) is 0 Å². The molecule has 2 N–H and O–H groups in total. The number of aryl methyl sites for hydroxylation is 1. The Bertz CT molecular complexity index is 888. The molecule has 0 radical (unpaired) electrons. The largest absolute Gasteiger partial charge is 0.459 e. The van der Waals surface area contributed by atoms with Crippen LogP contribution in [0.3, 0.4) is 0 Å². The first kappa shape index (κ1) is 22.6. The average Bonchev–Trinajstić information content (AvgIpc) is 3.32. The second-order valence-electron chi connectivity index (χ2n) is 7.71. The van der Waals surface area contributed by atoms with Crippen LogP contribution in [0.5, 0.6) is 0 Å². The Morgan fingerprint density at radius 3 is 2.61 bits per heavy atom. The molecule has 8 heteroatoms. The number of carbonyl (C=O) groups is 3. The summed E-state index contributed by atoms with van der Waals surface area (Å²) in [4.78, 5) is 39.9. The number of hydrogen-bond acceptors (Lipinski definition) is 5. The van der Waals surface area contributed by atoms with Gasteiger partial charge in [-0.1, -0.05) is 17.7 Å². The Hall–Kier alpha value is -3.13. The number of benzene rings is 1. The van der Waals surface area contributed by atoms with Crippen molar-refractivity contribution in [3.8, 4) is 0 Å². The molecule has 1 atom stereocenters. The third-order valence-electron chi connectivity index (χ3n) is 5.48. The highest BCUT2D eigenvalue weighted by Gasteiger charge is 2.34. The van der Waals surface area contributed by atoms with Gasteiger partial charge in [0.05, 0.1) is 12.9 Å². The van der Waals surface area contributed by atoms with Gasteiger partial charge < -0.3 is 24.7 Å². The van der Waals surface area contributed by atoms with Crippen molar-refractivity contribution in [2.24, 2.45) is 5.92 Å². The number of furan rings is 1. The Balaban J connectivity index is 1.67. The Morgan fingerprint density at radius 1 is 1.19 bits per heavy atom. The molecule has 31 heavy (non-hydrogen) atoms. The predicted molar refractivity (Wildman–Crippen MR) is 115 cm³/mol. The number of hydrogen-bond donors (Lipinski definition) is 2. The van der Waals surface area contributed by atoms with Gasteiger partial charge >= 0.3 is 0 Å². The smallest absolute Gasteiger partial charge is 0.289 e. The van der Waals surface area contributed by atoms with E-state index in [1.54, 1.807) is 36.3 Å². The van der Waals surface area contributed by atoms with E-state index in [1.807, 2.05) is 19.1 Å². The van der Waals surface area contributed by atoms with Crippen molar-refractivity contribution in [1.82, 2.24) is 15.5 Å². The van der Waals surface area contributed by atoms with Crippen LogP contribution in [0, 0.1) is 12.8 Å². The highest BCUT2D eigenvalue weighted by atomic mass is 16.5. The molecule has 0 aliphatic carbocycles. The molecule has 3 amide bonds. The van der Waals surface area contributed by atoms with Crippen molar-refractivity contribution in [1.29, 1.82) is 0 Å². The lowest BCUT2D eigenvalue weighted by atomic mass is 9.88. The minimum Gasteiger partial charge on any atom is -0.459 e. The molecule has 1 saturated heterocycles. The van der Waals surface area contributed by atoms with E-state index in [2.05, 4.69) is 10.6 Å². The second kappa shape index (κ2) is 10.8. The summed E-state index contributed by atoms with van der Waals surface area (Å²) >= 11 is 0. The molecule has 1 aliphatic rings. The van der Waals surface area contributed by atoms with Crippen LogP contribution in [0.15, 0.2) is 47.1 Å². The normalized spacial score (nSPS) is 15.4. The van der Waals surface area contributed by atoms with E-state index in [4.69, 9.17) is 9.15 Å². The monoisotopic (exact) mass is 427 g/mol. The minimum absolute atomic E-state index is 0.0862. The molecule has 0 saturated carbocycles. The van der Waals surface area contributed by atoms with E-state index in [0.717, 1.165) is 5.56 Å². The summed E-state index contributed by atoms with van der Waals surface area (Å²) in [6.45, 7) is 3.65. The van der Waals surface area contributed by atoms with Crippen LogP contribution >= 0.6 is 0 Å². The molecule has 1 aliphatic heterocycles. The summed E-state index contributed by atoms with van der Waals surface area (Å²) in [5.74, 6) is -0.469. The summed E-state index contributed by atoms with van der Waals surface area (Å²) < 4.78 is 10.2. The number of carbonyl (C=O) groups excluding carboxylic acids is 3. The molecule has 2 aromatic rings. The molecule has 2 heterocycles. The lowest BCUT2D eigenvalue weighted by Gasteiger charge is -2.35. The SMILES string of the molecule is COCCNC(=O)[C@@H](NC(=O)c1cccc(C)c1)C1CCN(C(=O)c2ccco2)CC1. The predicted octanol–water partition coefficient (Wildman–Crippen LogP) is 2.00. The number of nitrogens with zero attached hydrogens (tertiary/aromatic N) is 1. The van der Waals surface area contributed by atoms with E-state index in [0.29, 0.717) is 50.4 Å². The first-order valence-corrected chi connectivity index (χ1v) is 10.5. The fourth-order valence-electron chi connectivity index (χ4n) is 3.79. The van der Waals surface area contributed by atoms with Gasteiger partial charge in [-0.3, -0.25) is 14.4 Å². The topological polar surface area (TPSA) is 101 Å². The van der Waals surface area contributed by atoms with Crippen LogP contribution in [-0.2, 0) is 9.53 Å². The van der Waals surface area contributed by atoms with Crippen LogP contribution in [0.4, 0.5) is 0 Å². The van der Waals surface area contributed by atoms with E-state index in [-0.39, 0.29) is 23.6 Å². The Kier molecular flexibility index (Phi) is 7.83.